The Bertz CT molecular complexity index is 1470. The Morgan fingerprint density at radius 3 is 2.24 bits per heavy atom. The molecule has 270 valence electrons. The first kappa shape index (κ1) is 36.1. The zero-order valence-corrected chi connectivity index (χ0v) is 31.0. The molecule has 5 aliphatic rings. The van der Waals surface area contributed by atoms with E-state index >= 15 is 0 Å². The maximum atomic E-state index is 14.4. The number of hydrogen-bond acceptors (Lipinski definition) is 4. The lowest BCUT2D eigenvalue weighted by molar-refractivity contribution is -0.246. The van der Waals surface area contributed by atoms with Crippen LogP contribution in [0.4, 0.5) is 5.69 Å². The summed E-state index contributed by atoms with van der Waals surface area (Å²) in [6, 6.07) is 6.89. The van der Waals surface area contributed by atoms with Crippen molar-refractivity contribution in [1.82, 2.24) is 5.32 Å². The van der Waals surface area contributed by atoms with E-state index in [4.69, 9.17) is 5.11 Å². The minimum Gasteiger partial charge on any atom is -0.481 e. The molecule has 0 aromatic heterocycles. The van der Waals surface area contributed by atoms with Crippen molar-refractivity contribution in [1.29, 1.82) is 0 Å². The molecule has 0 spiro atoms. The lowest BCUT2D eigenvalue weighted by Crippen LogP contribution is -2.67. The Kier molecular flexibility index (Phi) is 9.46. The molecule has 6 rings (SSSR count). The second-order valence-electron chi connectivity index (χ2n) is 18.4. The molecule has 1 unspecified atom stereocenters. The molecule has 5 fully saturated rings. The number of aliphatic carboxylic acids is 1. The van der Waals surface area contributed by atoms with Gasteiger partial charge in [-0.2, -0.15) is 0 Å². The summed E-state index contributed by atoms with van der Waals surface area (Å²) >= 11 is 0. The first-order chi connectivity index (χ1) is 23.0. The van der Waals surface area contributed by atoms with E-state index in [1.165, 1.54) is 31.3 Å². The van der Waals surface area contributed by atoms with Gasteiger partial charge in [0, 0.05) is 18.7 Å². The molecular formula is C42H62N2O5. The lowest BCUT2D eigenvalue weighted by atomic mass is 9.32. The summed E-state index contributed by atoms with van der Waals surface area (Å²) in [7, 11) is 0. The van der Waals surface area contributed by atoms with Gasteiger partial charge in [0.15, 0.2) is 0 Å². The molecule has 5 saturated carbocycles. The quantitative estimate of drug-likeness (QED) is 0.156. The second kappa shape index (κ2) is 12.8. The zero-order valence-electron chi connectivity index (χ0n) is 31.0. The highest BCUT2D eigenvalue weighted by Gasteiger charge is 2.71. The minimum absolute atomic E-state index is 0.0483. The van der Waals surface area contributed by atoms with Gasteiger partial charge >= 0.3 is 5.97 Å². The van der Waals surface area contributed by atoms with Gasteiger partial charge < -0.3 is 20.8 Å². The van der Waals surface area contributed by atoms with Crippen molar-refractivity contribution < 1.29 is 24.6 Å². The maximum Gasteiger partial charge on any atom is 0.307 e. The van der Waals surface area contributed by atoms with Crippen LogP contribution >= 0.6 is 0 Å². The second-order valence-corrected chi connectivity index (χ2v) is 18.4. The monoisotopic (exact) mass is 674 g/mol. The Morgan fingerprint density at radius 2 is 1.57 bits per heavy atom. The van der Waals surface area contributed by atoms with Gasteiger partial charge in [-0.05, 0) is 146 Å². The number of hydrogen-bond donors (Lipinski definition) is 4. The van der Waals surface area contributed by atoms with Crippen molar-refractivity contribution >= 4 is 23.5 Å². The number of allylic oxidation sites excluding steroid dienone is 1. The average molecular weight is 675 g/mol. The molecule has 0 heterocycles. The summed E-state index contributed by atoms with van der Waals surface area (Å²) in [5.41, 5.74) is 2.70. The number of carbonyl (C=O) groups excluding carboxylic acids is 2. The predicted octanol–water partition coefficient (Wildman–Crippen LogP) is 8.17. The molecule has 7 heteroatoms. The topological polar surface area (TPSA) is 116 Å². The van der Waals surface area contributed by atoms with Crippen LogP contribution in [0.3, 0.4) is 0 Å². The molecule has 1 aromatic carbocycles. The molecule has 0 saturated heterocycles. The van der Waals surface area contributed by atoms with Crippen molar-refractivity contribution in [3.8, 4) is 0 Å². The molecule has 4 N–H and O–H groups in total. The van der Waals surface area contributed by atoms with Crippen LogP contribution < -0.4 is 10.6 Å². The Morgan fingerprint density at radius 1 is 0.857 bits per heavy atom. The summed E-state index contributed by atoms with van der Waals surface area (Å²) in [5.74, 6) is 1.49. The van der Waals surface area contributed by atoms with E-state index in [0.29, 0.717) is 60.2 Å². The van der Waals surface area contributed by atoms with E-state index < -0.39 is 5.97 Å². The molecular weight excluding hydrogens is 612 g/mol. The van der Waals surface area contributed by atoms with E-state index in [1.807, 2.05) is 0 Å². The molecule has 0 bridgehead atoms. The molecule has 5 aliphatic carbocycles. The van der Waals surface area contributed by atoms with Crippen LogP contribution in [-0.4, -0.2) is 40.6 Å². The van der Waals surface area contributed by atoms with Crippen LogP contribution in [0.25, 0.3) is 0 Å². The SMILES string of the molecule is C=C(C)[C@@H]1CC[C@]2(C(=O)NCCCC(=O)Nc3ccc(CC(=O)O)cc3)CC[C@]3(C)[C@H](CCC4[C@@]5(C)CC[C@H](O)C(C)(C)[C@@H]5CC[C@]43C)[C@@H]12. The first-order valence-corrected chi connectivity index (χ1v) is 19.2. The van der Waals surface area contributed by atoms with E-state index in [0.717, 1.165) is 38.5 Å². The fraction of sp³-hybridized carbons (Fsp3) is 0.738. The van der Waals surface area contributed by atoms with Crippen LogP contribution in [0.1, 0.15) is 124 Å². The number of amides is 2. The number of benzene rings is 1. The number of aliphatic hydroxyl groups excluding tert-OH is 1. The Labute approximate surface area is 294 Å². The number of anilines is 1. The van der Waals surface area contributed by atoms with E-state index in [-0.39, 0.29) is 51.4 Å². The Balaban J connectivity index is 1.14. The molecule has 10 atom stereocenters. The van der Waals surface area contributed by atoms with Crippen LogP contribution in [0, 0.1) is 56.7 Å². The van der Waals surface area contributed by atoms with Crippen molar-refractivity contribution in [2.75, 3.05) is 11.9 Å². The summed E-state index contributed by atoms with van der Waals surface area (Å²) in [4.78, 5) is 38.0. The highest BCUT2D eigenvalue weighted by Crippen LogP contribution is 2.77. The minimum atomic E-state index is -0.885. The summed E-state index contributed by atoms with van der Waals surface area (Å²) in [6.07, 6.45) is 11.3. The van der Waals surface area contributed by atoms with Crippen molar-refractivity contribution in [2.45, 2.75) is 131 Å². The highest BCUT2D eigenvalue weighted by atomic mass is 16.4. The van der Waals surface area contributed by atoms with Crippen LogP contribution in [0.15, 0.2) is 36.4 Å². The average Bonchev–Trinajstić information content (AvgIpc) is 3.44. The van der Waals surface area contributed by atoms with Crippen LogP contribution in [0.5, 0.6) is 0 Å². The van der Waals surface area contributed by atoms with E-state index in [1.54, 1.807) is 24.3 Å². The number of carboxylic acid groups (broad SMARTS) is 1. The molecule has 0 aliphatic heterocycles. The lowest BCUT2D eigenvalue weighted by Gasteiger charge is -2.72. The molecule has 7 nitrogen and oxygen atoms in total. The number of nitrogens with one attached hydrogen (secondary N) is 2. The largest absolute Gasteiger partial charge is 0.481 e. The smallest absolute Gasteiger partial charge is 0.307 e. The molecule has 0 radical (unpaired) electrons. The van der Waals surface area contributed by atoms with Gasteiger partial charge in [-0.3, -0.25) is 14.4 Å². The van der Waals surface area contributed by atoms with Gasteiger partial charge in [0.25, 0.3) is 0 Å². The van der Waals surface area contributed by atoms with Crippen molar-refractivity contribution in [3.05, 3.63) is 42.0 Å². The summed E-state index contributed by atoms with van der Waals surface area (Å²) in [5, 5.41) is 26.3. The number of carboxylic acids is 1. The summed E-state index contributed by atoms with van der Waals surface area (Å²) < 4.78 is 0. The third-order valence-corrected chi connectivity index (χ3v) is 16.0. The number of rotatable bonds is 9. The van der Waals surface area contributed by atoms with Gasteiger partial charge in [-0.15, -0.1) is 0 Å². The van der Waals surface area contributed by atoms with Crippen molar-refractivity contribution in [2.24, 2.45) is 56.7 Å². The zero-order chi connectivity index (χ0) is 35.6. The normalized spacial score (nSPS) is 40.6. The summed E-state index contributed by atoms with van der Waals surface area (Å²) in [6.45, 7) is 19.6. The number of aliphatic hydroxyl groups is 1. The van der Waals surface area contributed by atoms with Gasteiger partial charge in [-0.1, -0.05) is 58.9 Å². The van der Waals surface area contributed by atoms with Gasteiger partial charge in [0.1, 0.15) is 0 Å². The molecule has 1 aromatic rings. The third-order valence-electron chi connectivity index (χ3n) is 16.0. The van der Waals surface area contributed by atoms with E-state index in [9.17, 15) is 19.5 Å². The van der Waals surface area contributed by atoms with Crippen molar-refractivity contribution in [3.63, 3.8) is 0 Å². The van der Waals surface area contributed by atoms with Crippen LogP contribution in [0.2, 0.25) is 0 Å². The fourth-order valence-corrected chi connectivity index (χ4v) is 13.3. The number of carbonyl (C=O) groups is 3. The van der Waals surface area contributed by atoms with Gasteiger partial charge in [0.2, 0.25) is 11.8 Å². The van der Waals surface area contributed by atoms with Gasteiger partial charge in [-0.25, -0.2) is 0 Å². The fourth-order valence-electron chi connectivity index (χ4n) is 13.3. The first-order valence-electron chi connectivity index (χ1n) is 19.2. The highest BCUT2D eigenvalue weighted by molar-refractivity contribution is 5.90. The van der Waals surface area contributed by atoms with E-state index in [2.05, 4.69) is 58.8 Å². The van der Waals surface area contributed by atoms with Crippen LogP contribution in [-0.2, 0) is 20.8 Å². The number of fused-ring (bicyclic) bond motifs is 7. The van der Waals surface area contributed by atoms with Gasteiger partial charge in [0.05, 0.1) is 17.9 Å². The maximum absolute atomic E-state index is 14.4. The predicted molar refractivity (Wildman–Crippen MR) is 194 cm³/mol. The standard InChI is InChI=1S/C42H62N2O5/c1-26(2)29-16-21-42(37(49)43-24-8-9-34(46)44-28-12-10-27(11-13-28)25-35(47)48)23-22-40(6)30(36(29)42)14-15-32-39(5)19-18-33(45)38(3,4)31(39)17-20-41(32,40)7/h10-13,29-33,36,45H,1,8-9,14-25H2,2-7H3,(H,43,49)(H,44,46)(H,47,48)/t29-,30+,31-,32?,33-,36+,39-,40+,41+,42-/m0/s1. The third kappa shape index (κ3) is 5.78. The molecule has 49 heavy (non-hydrogen) atoms. The Hall–Kier alpha value is -2.67. The molecule has 2 amide bonds.